The maximum Gasteiger partial charge on any atom is 0.225 e. The third-order valence-electron chi connectivity index (χ3n) is 3.24. The Balaban J connectivity index is 2.26. The van der Waals surface area contributed by atoms with Gasteiger partial charge in [0.15, 0.2) is 0 Å². The van der Waals surface area contributed by atoms with Crippen molar-refractivity contribution < 1.29 is 14.6 Å². The molecule has 3 N–H and O–H groups in total. The van der Waals surface area contributed by atoms with Gasteiger partial charge in [0.05, 0.1) is 12.7 Å². The number of carbonyl (C=O) groups excluding carboxylic acids is 1. The van der Waals surface area contributed by atoms with Crippen molar-refractivity contribution in [2.45, 2.75) is 38.8 Å². The molecule has 0 fully saturated rings. The number of aryl methyl sites for hydroxylation is 1. The van der Waals surface area contributed by atoms with Crippen LogP contribution in [0, 0.1) is 6.92 Å². The van der Waals surface area contributed by atoms with Crippen molar-refractivity contribution in [3.63, 3.8) is 0 Å². The van der Waals surface area contributed by atoms with E-state index in [0.717, 1.165) is 11.3 Å². The van der Waals surface area contributed by atoms with Crippen molar-refractivity contribution >= 4 is 11.6 Å². The van der Waals surface area contributed by atoms with Crippen LogP contribution in [-0.2, 0) is 9.53 Å². The topological polar surface area (TPSA) is 70.6 Å². The zero-order valence-corrected chi connectivity index (χ0v) is 13.1. The standard InChI is InChI=1S/C16H26N2O3/c1-12-6-4-5-7-15(12)18-16(20)10-13(2)17-9-8-14(19)11-21-3/h4-7,13-14,17,19H,8-11H2,1-3H3,(H,18,20). The second kappa shape index (κ2) is 9.50. The van der Waals surface area contributed by atoms with Crippen LogP contribution in [-0.4, -0.2) is 43.4 Å². The van der Waals surface area contributed by atoms with Gasteiger partial charge in [-0.15, -0.1) is 0 Å². The molecular formula is C16H26N2O3. The summed E-state index contributed by atoms with van der Waals surface area (Å²) in [7, 11) is 1.56. The van der Waals surface area contributed by atoms with Crippen LogP contribution in [0.3, 0.4) is 0 Å². The number of methoxy groups -OCH3 is 1. The highest BCUT2D eigenvalue weighted by Crippen LogP contribution is 2.13. The lowest BCUT2D eigenvalue weighted by Crippen LogP contribution is -2.33. The SMILES string of the molecule is COCC(O)CCNC(C)CC(=O)Nc1ccccc1C. The maximum absolute atomic E-state index is 12.0. The number of benzene rings is 1. The van der Waals surface area contributed by atoms with Gasteiger partial charge in [-0.2, -0.15) is 0 Å². The summed E-state index contributed by atoms with van der Waals surface area (Å²) in [5.74, 6) is -0.0123. The predicted molar refractivity (Wildman–Crippen MR) is 84.4 cm³/mol. The lowest BCUT2D eigenvalue weighted by atomic mass is 10.1. The number of hydrogen-bond donors (Lipinski definition) is 3. The molecule has 0 saturated carbocycles. The summed E-state index contributed by atoms with van der Waals surface area (Å²) >= 11 is 0. The van der Waals surface area contributed by atoms with Crippen LogP contribution in [0.2, 0.25) is 0 Å². The fourth-order valence-corrected chi connectivity index (χ4v) is 2.04. The summed E-state index contributed by atoms with van der Waals surface area (Å²) < 4.78 is 4.86. The predicted octanol–water partition coefficient (Wildman–Crippen LogP) is 1.70. The Hall–Kier alpha value is -1.43. The fraction of sp³-hybridized carbons (Fsp3) is 0.562. The average Bonchev–Trinajstić information content (AvgIpc) is 2.41. The molecule has 5 heteroatoms. The summed E-state index contributed by atoms with van der Waals surface area (Å²) in [5, 5.41) is 15.7. The number of nitrogens with one attached hydrogen (secondary N) is 2. The highest BCUT2D eigenvalue weighted by atomic mass is 16.5. The van der Waals surface area contributed by atoms with Gasteiger partial charge >= 0.3 is 0 Å². The molecule has 2 atom stereocenters. The second-order valence-electron chi connectivity index (χ2n) is 5.32. The largest absolute Gasteiger partial charge is 0.391 e. The van der Waals surface area contributed by atoms with Crippen molar-refractivity contribution in [1.82, 2.24) is 5.32 Å². The van der Waals surface area contributed by atoms with Gasteiger partial charge in [-0.3, -0.25) is 4.79 Å². The van der Waals surface area contributed by atoms with Crippen LogP contribution in [0.15, 0.2) is 24.3 Å². The van der Waals surface area contributed by atoms with Gasteiger partial charge in [-0.05, 0) is 38.4 Å². The number of amides is 1. The Morgan fingerprint density at radius 1 is 1.38 bits per heavy atom. The Bertz CT molecular complexity index is 437. The van der Waals surface area contributed by atoms with Gasteiger partial charge in [0.25, 0.3) is 0 Å². The first-order valence-electron chi connectivity index (χ1n) is 7.28. The van der Waals surface area contributed by atoms with E-state index in [-0.39, 0.29) is 11.9 Å². The molecule has 21 heavy (non-hydrogen) atoms. The van der Waals surface area contributed by atoms with E-state index in [1.807, 2.05) is 38.1 Å². The molecule has 1 rings (SSSR count). The number of para-hydroxylation sites is 1. The van der Waals surface area contributed by atoms with Crippen LogP contribution >= 0.6 is 0 Å². The van der Waals surface area contributed by atoms with Crippen molar-refractivity contribution in [3.05, 3.63) is 29.8 Å². The molecule has 0 aromatic heterocycles. The Kier molecular flexibility index (Phi) is 7.97. The molecule has 0 bridgehead atoms. The Morgan fingerprint density at radius 2 is 2.10 bits per heavy atom. The molecule has 0 spiro atoms. The zero-order chi connectivity index (χ0) is 15.7. The van der Waals surface area contributed by atoms with E-state index >= 15 is 0 Å². The molecule has 0 heterocycles. The smallest absolute Gasteiger partial charge is 0.225 e. The lowest BCUT2D eigenvalue weighted by molar-refractivity contribution is -0.116. The summed E-state index contributed by atoms with van der Waals surface area (Å²) in [4.78, 5) is 12.0. The average molecular weight is 294 g/mol. The quantitative estimate of drug-likeness (QED) is 0.648. The van der Waals surface area contributed by atoms with E-state index in [2.05, 4.69) is 10.6 Å². The molecule has 0 aliphatic rings. The van der Waals surface area contributed by atoms with Gasteiger partial charge in [-0.25, -0.2) is 0 Å². The first kappa shape index (κ1) is 17.6. The Morgan fingerprint density at radius 3 is 2.76 bits per heavy atom. The van der Waals surface area contributed by atoms with Crippen molar-refractivity contribution in [2.75, 3.05) is 25.6 Å². The second-order valence-corrected chi connectivity index (χ2v) is 5.32. The number of aliphatic hydroxyl groups is 1. The molecule has 0 aliphatic carbocycles. The summed E-state index contributed by atoms with van der Waals surface area (Å²) in [5.41, 5.74) is 1.90. The minimum atomic E-state index is -0.463. The number of anilines is 1. The normalized spacial score (nSPS) is 13.7. The number of aliphatic hydroxyl groups excluding tert-OH is 1. The zero-order valence-electron chi connectivity index (χ0n) is 13.1. The van der Waals surface area contributed by atoms with Crippen molar-refractivity contribution in [1.29, 1.82) is 0 Å². The van der Waals surface area contributed by atoms with E-state index < -0.39 is 6.10 Å². The summed E-state index contributed by atoms with van der Waals surface area (Å²) in [6.07, 6.45) is 0.544. The first-order chi connectivity index (χ1) is 10.0. The number of rotatable bonds is 9. The molecule has 118 valence electrons. The molecule has 0 aliphatic heterocycles. The highest BCUT2D eigenvalue weighted by Gasteiger charge is 2.10. The third kappa shape index (κ3) is 7.22. The first-order valence-corrected chi connectivity index (χ1v) is 7.28. The third-order valence-corrected chi connectivity index (χ3v) is 3.24. The van der Waals surface area contributed by atoms with Gasteiger partial charge in [-0.1, -0.05) is 18.2 Å². The number of hydrogen-bond acceptors (Lipinski definition) is 4. The molecule has 1 amide bonds. The highest BCUT2D eigenvalue weighted by molar-refractivity contribution is 5.91. The van der Waals surface area contributed by atoms with Crippen LogP contribution in [0.5, 0.6) is 0 Å². The van der Waals surface area contributed by atoms with Gasteiger partial charge in [0.1, 0.15) is 0 Å². The molecule has 1 aromatic rings. The van der Waals surface area contributed by atoms with Gasteiger partial charge in [0, 0.05) is 25.3 Å². The number of carbonyl (C=O) groups is 1. The van der Waals surface area contributed by atoms with Crippen LogP contribution in [0.25, 0.3) is 0 Å². The van der Waals surface area contributed by atoms with Crippen molar-refractivity contribution in [2.24, 2.45) is 0 Å². The van der Waals surface area contributed by atoms with Crippen molar-refractivity contribution in [3.8, 4) is 0 Å². The molecule has 1 aromatic carbocycles. The van der Waals surface area contributed by atoms with Gasteiger partial charge < -0.3 is 20.5 Å². The lowest BCUT2D eigenvalue weighted by Gasteiger charge is -2.16. The van der Waals surface area contributed by atoms with E-state index in [1.54, 1.807) is 7.11 Å². The number of ether oxygens (including phenoxy) is 1. The van der Waals surface area contributed by atoms with Gasteiger partial charge in [0.2, 0.25) is 5.91 Å². The van der Waals surface area contributed by atoms with E-state index in [1.165, 1.54) is 0 Å². The maximum atomic E-state index is 12.0. The fourth-order valence-electron chi connectivity index (χ4n) is 2.04. The minimum absolute atomic E-state index is 0.0123. The Labute approximate surface area is 126 Å². The van der Waals surface area contributed by atoms with Crippen LogP contribution < -0.4 is 10.6 Å². The molecule has 2 unspecified atom stereocenters. The molecule has 5 nitrogen and oxygen atoms in total. The van der Waals surface area contributed by atoms with E-state index in [0.29, 0.717) is 26.0 Å². The molecule has 0 saturated heterocycles. The van der Waals surface area contributed by atoms with E-state index in [9.17, 15) is 9.90 Å². The van der Waals surface area contributed by atoms with E-state index in [4.69, 9.17) is 4.74 Å². The van der Waals surface area contributed by atoms with Crippen LogP contribution in [0.1, 0.15) is 25.3 Å². The monoisotopic (exact) mass is 294 g/mol. The minimum Gasteiger partial charge on any atom is -0.391 e. The molecular weight excluding hydrogens is 268 g/mol. The summed E-state index contributed by atoms with van der Waals surface area (Å²) in [6, 6.07) is 7.77. The summed E-state index contributed by atoms with van der Waals surface area (Å²) in [6.45, 7) is 4.92. The molecule has 0 radical (unpaired) electrons. The van der Waals surface area contributed by atoms with Crippen LogP contribution in [0.4, 0.5) is 5.69 Å².